The highest BCUT2D eigenvalue weighted by atomic mass is 35.5. The van der Waals surface area contributed by atoms with Crippen molar-refractivity contribution in [3.8, 4) is 11.5 Å². The molecule has 0 aliphatic carbocycles. The van der Waals surface area contributed by atoms with Gasteiger partial charge in [0.05, 0.1) is 6.54 Å². The van der Waals surface area contributed by atoms with Gasteiger partial charge in [-0.2, -0.15) is 0 Å². The molecule has 1 aromatic rings. The second-order valence-corrected chi connectivity index (χ2v) is 4.90. The van der Waals surface area contributed by atoms with Crippen molar-refractivity contribution in [1.29, 1.82) is 0 Å². The topological polar surface area (TPSA) is 62.8 Å². The first kappa shape index (κ1) is 19.7. The van der Waals surface area contributed by atoms with Crippen molar-refractivity contribution in [2.45, 2.75) is 6.29 Å². The van der Waals surface area contributed by atoms with Gasteiger partial charge in [-0.15, -0.1) is 33.6 Å². The van der Waals surface area contributed by atoms with Crippen LogP contribution in [0.15, 0.2) is 18.2 Å². The summed E-state index contributed by atoms with van der Waals surface area (Å²) in [7, 11) is 0. The van der Waals surface area contributed by atoms with Gasteiger partial charge in [0.2, 0.25) is 5.91 Å². The highest BCUT2D eigenvalue weighted by Crippen LogP contribution is 2.42. The Balaban J connectivity index is 0.00000132. The van der Waals surface area contributed by atoms with E-state index >= 15 is 0 Å². The fourth-order valence-corrected chi connectivity index (χ4v) is 2.30. The molecule has 3 rings (SSSR count). The summed E-state index contributed by atoms with van der Waals surface area (Å²) < 4.78 is 34.4. The van der Waals surface area contributed by atoms with Crippen LogP contribution in [0.5, 0.6) is 11.5 Å². The zero-order chi connectivity index (χ0) is 14.9. The Morgan fingerprint density at radius 3 is 2.57 bits per heavy atom. The molecule has 10 heteroatoms. The summed E-state index contributed by atoms with van der Waals surface area (Å²) in [6.45, 7) is 3.59. The van der Waals surface area contributed by atoms with Crippen molar-refractivity contribution in [3.63, 3.8) is 0 Å². The largest absolute Gasteiger partial charge is 0.586 e. The quantitative estimate of drug-likeness (QED) is 0.846. The third kappa shape index (κ3) is 5.07. The molecule has 0 aromatic heterocycles. The number of rotatable bonds is 3. The maximum Gasteiger partial charge on any atom is 0.586 e. The lowest BCUT2D eigenvalue weighted by Crippen LogP contribution is -2.46. The number of hydrogen-bond donors (Lipinski definition) is 2. The van der Waals surface area contributed by atoms with Crippen molar-refractivity contribution in [3.05, 3.63) is 18.2 Å². The van der Waals surface area contributed by atoms with Crippen molar-refractivity contribution in [2.24, 2.45) is 0 Å². The van der Waals surface area contributed by atoms with Gasteiger partial charge in [-0.25, -0.2) is 0 Å². The standard InChI is InChI=1S/C13H15F2N3O3.2ClH/c14-13(15)20-10-2-1-9(7-11(10)21-13)17-12(19)8-18-5-3-16-4-6-18;;/h1-2,7,16H,3-6,8H2,(H,17,19);2*1H. The molecule has 0 unspecified atom stereocenters. The number of fused-ring (bicyclic) bond motifs is 1. The van der Waals surface area contributed by atoms with E-state index in [1.54, 1.807) is 0 Å². The van der Waals surface area contributed by atoms with Gasteiger partial charge in [0.25, 0.3) is 0 Å². The number of carbonyl (C=O) groups excluding carboxylic acids is 1. The molecule has 1 amide bonds. The van der Waals surface area contributed by atoms with E-state index in [2.05, 4.69) is 20.1 Å². The van der Waals surface area contributed by atoms with Crippen LogP contribution in [0.25, 0.3) is 0 Å². The smallest absolute Gasteiger partial charge is 0.395 e. The number of anilines is 1. The van der Waals surface area contributed by atoms with Crippen molar-refractivity contribution in [1.82, 2.24) is 10.2 Å². The summed E-state index contributed by atoms with van der Waals surface area (Å²) in [5.41, 5.74) is 0.398. The summed E-state index contributed by atoms with van der Waals surface area (Å²) in [4.78, 5) is 13.9. The monoisotopic (exact) mass is 371 g/mol. The van der Waals surface area contributed by atoms with Crippen LogP contribution < -0.4 is 20.1 Å². The Morgan fingerprint density at radius 1 is 1.22 bits per heavy atom. The molecule has 0 bridgehead atoms. The van der Waals surface area contributed by atoms with E-state index in [1.165, 1.54) is 18.2 Å². The molecule has 2 N–H and O–H groups in total. The number of nitrogens with zero attached hydrogens (tertiary/aromatic N) is 1. The number of amides is 1. The van der Waals surface area contributed by atoms with E-state index in [1.807, 2.05) is 4.90 Å². The first-order valence-electron chi connectivity index (χ1n) is 6.65. The van der Waals surface area contributed by atoms with Crippen LogP contribution in [0.2, 0.25) is 0 Å². The fourth-order valence-electron chi connectivity index (χ4n) is 2.30. The van der Waals surface area contributed by atoms with Gasteiger partial charge in [-0.05, 0) is 12.1 Å². The lowest BCUT2D eigenvalue weighted by atomic mass is 10.2. The number of piperazine rings is 1. The van der Waals surface area contributed by atoms with Crippen LogP contribution in [0.1, 0.15) is 0 Å². The number of ether oxygens (including phenoxy) is 2. The first-order valence-corrected chi connectivity index (χ1v) is 6.65. The molecule has 1 saturated heterocycles. The zero-order valence-electron chi connectivity index (χ0n) is 12.0. The summed E-state index contributed by atoms with van der Waals surface area (Å²) >= 11 is 0. The molecule has 2 aliphatic rings. The highest BCUT2D eigenvalue weighted by Gasteiger charge is 2.43. The Labute approximate surface area is 144 Å². The van der Waals surface area contributed by atoms with E-state index in [0.717, 1.165) is 26.2 Å². The van der Waals surface area contributed by atoms with Crippen LogP contribution >= 0.6 is 24.8 Å². The molecule has 0 saturated carbocycles. The molecule has 0 radical (unpaired) electrons. The Morgan fingerprint density at radius 2 is 1.87 bits per heavy atom. The molecule has 23 heavy (non-hydrogen) atoms. The van der Waals surface area contributed by atoms with Crippen LogP contribution in [0.4, 0.5) is 14.5 Å². The Kier molecular flexibility index (Phi) is 6.82. The number of hydrogen-bond acceptors (Lipinski definition) is 5. The number of carbonyl (C=O) groups is 1. The molecule has 130 valence electrons. The van der Waals surface area contributed by atoms with Gasteiger partial charge in [0.1, 0.15) is 0 Å². The average Bonchev–Trinajstić information content (AvgIpc) is 2.73. The summed E-state index contributed by atoms with van der Waals surface area (Å²) in [6.07, 6.45) is -3.65. The van der Waals surface area contributed by atoms with Crippen LogP contribution in [0, 0.1) is 0 Å². The highest BCUT2D eigenvalue weighted by molar-refractivity contribution is 5.92. The predicted octanol–water partition coefficient (Wildman–Crippen LogP) is 1.70. The molecule has 1 fully saturated rings. The predicted molar refractivity (Wildman–Crippen MR) is 85.1 cm³/mol. The SMILES string of the molecule is Cl.Cl.O=C(CN1CCNCC1)Nc1ccc2c(c1)OC(F)(F)O2. The Bertz CT molecular complexity index is 557. The molecule has 0 atom stereocenters. The maximum absolute atomic E-state index is 12.9. The summed E-state index contributed by atoms with van der Waals surface area (Å²) in [5.74, 6) is -0.317. The van der Waals surface area contributed by atoms with Crippen LogP contribution in [-0.2, 0) is 4.79 Å². The van der Waals surface area contributed by atoms with Crippen molar-refractivity contribution < 1.29 is 23.0 Å². The molecule has 6 nitrogen and oxygen atoms in total. The molecule has 2 heterocycles. The lowest BCUT2D eigenvalue weighted by molar-refractivity contribution is -0.286. The molecular weight excluding hydrogens is 355 g/mol. The van der Waals surface area contributed by atoms with Crippen LogP contribution in [0.3, 0.4) is 0 Å². The van der Waals surface area contributed by atoms with Gasteiger partial charge < -0.3 is 20.1 Å². The zero-order valence-corrected chi connectivity index (χ0v) is 13.6. The maximum atomic E-state index is 12.9. The van der Waals surface area contributed by atoms with E-state index in [4.69, 9.17) is 0 Å². The first-order chi connectivity index (χ1) is 10.0. The number of halogens is 4. The lowest BCUT2D eigenvalue weighted by Gasteiger charge is -2.26. The second kappa shape index (κ2) is 7.96. The van der Waals surface area contributed by atoms with E-state index in [9.17, 15) is 13.6 Å². The minimum atomic E-state index is -3.65. The molecule has 2 aliphatic heterocycles. The normalized spacial score (nSPS) is 18.5. The minimum absolute atomic E-state index is 0. The molecule has 1 aromatic carbocycles. The van der Waals surface area contributed by atoms with Gasteiger partial charge in [-0.1, -0.05) is 0 Å². The van der Waals surface area contributed by atoms with Crippen molar-refractivity contribution >= 4 is 36.4 Å². The van der Waals surface area contributed by atoms with Crippen LogP contribution in [-0.4, -0.2) is 49.8 Å². The van der Waals surface area contributed by atoms with Crippen molar-refractivity contribution in [2.75, 3.05) is 38.0 Å². The minimum Gasteiger partial charge on any atom is -0.395 e. The van der Waals surface area contributed by atoms with Gasteiger partial charge >= 0.3 is 6.29 Å². The van der Waals surface area contributed by atoms with E-state index in [-0.39, 0.29) is 48.8 Å². The van der Waals surface area contributed by atoms with Gasteiger partial charge in [0.15, 0.2) is 11.5 Å². The number of alkyl halides is 2. The van der Waals surface area contributed by atoms with Gasteiger partial charge in [0, 0.05) is 37.9 Å². The third-order valence-electron chi connectivity index (χ3n) is 3.26. The number of benzene rings is 1. The van der Waals surface area contributed by atoms with E-state index in [0.29, 0.717) is 5.69 Å². The number of nitrogens with one attached hydrogen (secondary N) is 2. The van der Waals surface area contributed by atoms with Gasteiger partial charge in [-0.3, -0.25) is 9.69 Å². The third-order valence-corrected chi connectivity index (χ3v) is 3.26. The van der Waals surface area contributed by atoms with E-state index < -0.39 is 6.29 Å². The molecular formula is C13H17Cl2F2N3O3. The fraction of sp³-hybridized carbons (Fsp3) is 0.462. The summed E-state index contributed by atoms with van der Waals surface area (Å²) in [6, 6.07) is 4.17. The molecule has 0 spiro atoms. The average molecular weight is 372 g/mol. The summed E-state index contributed by atoms with van der Waals surface area (Å²) in [5, 5.41) is 5.86. The Hall–Kier alpha value is -1.35. The second-order valence-electron chi connectivity index (χ2n) is 4.90.